The highest BCUT2D eigenvalue weighted by molar-refractivity contribution is 6.31. The van der Waals surface area contributed by atoms with Crippen molar-refractivity contribution in [1.29, 1.82) is 0 Å². The van der Waals surface area contributed by atoms with E-state index in [9.17, 15) is 9.59 Å². The summed E-state index contributed by atoms with van der Waals surface area (Å²) in [5.74, 6) is -0.487. The molecule has 1 aliphatic rings. The Bertz CT molecular complexity index is 271. The molecule has 0 saturated carbocycles. The molecule has 1 rings (SSSR count). The third-order valence-corrected chi connectivity index (χ3v) is 2.62. The minimum absolute atomic E-state index is 0.0576. The topological polar surface area (TPSA) is 67.4 Å². The molecule has 1 saturated heterocycles. The van der Waals surface area contributed by atoms with Crippen LogP contribution < -0.4 is 10.6 Å². The van der Waals surface area contributed by atoms with Gasteiger partial charge in [-0.3, -0.25) is 10.1 Å². The Morgan fingerprint density at radius 1 is 1.50 bits per heavy atom. The first-order valence-electron chi connectivity index (χ1n) is 5.36. The molecule has 5 nitrogen and oxygen atoms in total. The number of rotatable bonds is 2. The van der Waals surface area contributed by atoms with Gasteiger partial charge in [0.25, 0.3) is 0 Å². The molecule has 1 fully saturated rings. The quantitative estimate of drug-likeness (QED) is 0.717. The van der Waals surface area contributed by atoms with E-state index in [1.165, 1.54) is 6.92 Å². The molecule has 92 valence electrons. The summed E-state index contributed by atoms with van der Waals surface area (Å²) >= 11 is 5.53. The molecule has 3 atom stereocenters. The maximum absolute atomic E-state index is 11.4. The summed E-state index contributed by atoms with van der Waals surface area (Å²) in [6.07, 6.45) is 1.67. The summed E-state index contributed by atoms with van der Waals surface area (Å²) in [5, 5.41) is 4.20. The van der Waals surface area contributed by atoms with Crippen LogP contribution in [0.2, 0.25) is 0 Å². The fourth-order valence-electron chi connectivity index (χ4n) is 1.56. The highest BCUT2D eigenvalue weighted by atomic mass is 35.5. The molecule has 3 amide bonds. The highest BCUT2D eigenvalue weighted by Gasteiger charge is 2.22. The van der Waals surface area contributed by atoms with E-state index in [4.69, 9.17) is 16.3 Å². The van der Waals surface area contributed by atoms with E-state index in [0.717, 1.165) is 12.8 Å². The van der Waals surface area contributed by atoms with Crippen LogP contribution in [0.4, 0.5) is 4.79 Å². The van der Waals surface area contributed by atoms with Crippen molar-refractivity contribution in [3.05, 3.63) is 0 Å². The third kappa shape index (κ3) is 4.37. The maximum atomic E-state index is 11.4. The summed E-state index contributed by atoms with van der Waals surface area (Å²) < 4.78 is 5.35. The molecule has 1 heterocycles. The fourth-order valence-corrected chi connectivity index (χ4v) is 1.62. The van der Waals surface area contributed by atoms with Crippen molar-refractivity contribution in [3.8, 4) is 0 Å². The summed E-state index contributed by atoms with van der Waals surface area (Å²) in [6.45, 7) is 4.10. The second kappa shape index (κ2) is 6.06. The minimum atomic E-state index is -0.709. The van der Waals surface area contributed by atoms with Crippen molar-refractivity contribution in [2.75, 3.05) is 6.61 Å². The second-order valence-electron chi connectivity index (χ2n) is 3.98. The number of halogens is 1. The average Bonchev–Trinajstić information content (AvgIpc) is 2.16. The van der Waals surface area contributed by atoms with Crippen LogP contribution in [0.15, 0.2) is 0 Å². The number of hydrogen-bond acceptors (Lipinski definition) is 3. The summed E-state index contributed by atoms with van der Waals surface area (Å²) in [5.41, 5.74) is 0. The Kier molecular flexibility index (Phi) is 5.02. The van der Waals surface area contributed by atoms with Crippen molar-refractivity contribution >= 4 is 23.5 Å². The Morgan fingerprint density at radius 2 is 2.19 bits per heavy atom. The van der Waals surface area contributed by atoms with Crippen molar-refractivity contribution in [3.63, 3.8) is 0 Å². The zero-order valence-electron chi connectivity index (χ0n) is 9.46. The van der Waals surface area contributed by atoms with Crippen molar-refractivity contribution < 1.29 is 14.3 Å². The Hall–Kier alpha value is -0.810. The van der Waals surface area contributed by atoms with Crippen molar-refractivity contribution in [1.82, 2.24) is 10.6 Å². The van der Waals surface area contributed by atoms with Crippen LogP contribution in [-0.4, -0.2) is 36.1 Å². The van der Waals surface area contributed by atoms with Gasteiger partial charge >= 0.3 is 6.03 Å². The van der Waals surface area contributed by atoms with E-state index in [-0.39, 0.29) is 12.1 Å². The molecule has 0 bridgehead atoms. The van der Waals surface area contributed by atoms with Gasteiger partial charge in [-0.1, -0.05) is 0 Å². The lowest BCUT2D eigenvalue weighted by molar-refractivity contribution is -0.119. The van der Waals surface area contributed by atoms with Gasteiger partial charge in [-0.25, -0.2) is 4.79 Å². The standard InChI is InChI=1S/C10H17ClN2O3/c1-6-5-8(3-4-16-6)12-10(15)13-9(14)7(2)11/h6-8H,3-5H2,1-2H3,(H2,12,13,14,15). The van der Waals surface area contributed by atoms with E-state index in [0.29, 0.717) is 6.61 Å². The molecule has 6 heteroatoms. The number of alkyl halides is 1. The predicted octanol–water partition coefficient (Wildman–Crippen LogP) is 1.01. The number of carbonyl (C=O) groups is 2. The van der Waals surface area contributed by atoms with Crippen molar-refractivity contribution in [2.24, 2.45) is 0 Å². The summed E-state index contributed by atoms with van der Waals surface area (Å²) in [7, 11) is 0. The smallest absolute Gasteiger partial charge is 0.321 e. The monoisotopic (exact) mass is 248 g/mol. The van der Waals surface area contributed by atoms with E-state index < -0.39 is 17.3 Å². The number of hydrogen-bond donors (Lipinski definition) is 2. The first-order chi connectivity index (χ1) is 7.49. The molecule has 16 heavy (non-hydrogen) atoms. The van der Waals surface area contributed by atoms with Gasteiger partial charge in [0.05, 0.1) is 6.10 Å². The number of imide groups is 1. The summed E-state index contributed by atoms with van der Waals surface area (Å²) in [4.78, 5) is 22.5. The first-order valence-corrected chi connectivity index (χ1v) is 5.79. The zero-order chi connectivity index (χ0) is 12.1. The molecule has 0 aromatic carbocycles. The number of ether oxygens (including phenoxy) is 1. The van der Waals surface area contributed by atoms with Gasteiger partial charge in [-0.15, -0.1) is 11.6 Å². The molecule has 0 radical (unpaired) electrons. The number of urea groups is 1. The fraction of sp³-hybridized carbons (Fsp3) is 0.800. The van der Waals surface area contributed by atoms with Gasteiger partial charge in [0.1, 0.15) is 5.38 Å². The Morgan fingerprint density at radius 3 is 2.75 bits per heavy atom. The molecular weight excluding hydrogens is 232 g/mol. The maximum Gasteiger partial charge on any atom is 0.321 e. The molecule has 2 N–H and O–H groups in total. The van der Waals surface area contributed by atoms with E-state index in [2.05, 4.69) is 10.6 Å². The van der Waals surface area contributed by atoms with Crippen LogP contribution in [0.5, 0.6) is 0 Å². The molecule has 1 aliphatic heterocycles. The Labute approximate surface area is 99.9 Å². The van der Waals surface area contributed by atoms with Crippen LogP contribution in [0, 0.1) is 0 Å². The second-order valence-corrected chi connectivity index (χ2v) is 4.64. The van der Waals surface area contributed by atoms with Gasteiger partial charge < -0.3 is 10.1 Å². The van der Waals surface area contributed by atoms with E-state index in [1.54, 1.807) is 0 Å². The first kappa shape index (κ1) is 13.3. The predicted molar refractivity (Wildman–Crippen MR) is 60.4 cm³/mol. The van der Waals surface area contributed by atoms with Gasteiger partial charge in [0.15, 0.2) is 0 Å². The summed E-state index contributed by atoms with van der Waals surface area (Å²) in [6, 6.07) is -0.432. The lowest BCUT2D eigenvalue weighted by Gasteiger charge is -2.27. The lowest BCUT2D eigenvalue weighted by Crippen LogP contribution is -2.48. The lowest BCUT2D eigenvalue weighted by atomic mass is 10.0. The number of carbonyl (C=O) groups excluding carboxylic acids is 2. The molecule has 0 aliphatic carbocycles. The Balaban J connectivity index is 2.31. The van der Waals surface area contributed by atoms with Crippen LogP contribution in [0.3, 0.4) is 0 Å². The van der Waals surface area contributed by atoms with Crippen LogP contribution in [0.25, 0.3) is 0 Å². The van der Waals surface area contributed by atoms with Gasteiger partial charge in [-0.2, -0.15) is 0 Å². The molecular formula is C10H17ClN2O3. The molecule has 0 aromatic heterocycles. The molecule has 0 aromatic rings. The normalized spacial score (nSPS) is 26.9. The third-order valence-electron chi connectivity index (χ3n) is 2.42. The highest BCUT2D eigenvalue weighted by Crippen LogP contribution is 2.12. The molecule has 3 unspecified atom stereocenters. The number of amides is 3. The van der Waals surface area contributed by atoms with Crippen LogP contribution in [-0.2, 0) is 9.53 Å². The average molecular weight is 249 g/mol. The van der Waals surface area contributed by atoms with Gasteiger partial charge in [-0.05, 0) is 26.7 Å². The van der Waals surface area contributed by atoms with E-state index in [1.807, 2.05) is 6.92 Å². The van der Waals surface area contributed by atoms with Crippen molar-refractivity contribution in [2.45, 2.75) is 44.2 Å². The van der Waals surface area contributed by atoms with Gasteiger partial charge in [0.2, 0.25) is 5.91 Å². The molecule has 0 spiro atoms. The largest absolute Gasteiger partial charge is 0.378 e. The van der Waals surface area contributed by atoms with Gasteiger partial charge in [0, 0.05) is 12.6 Å². The number of nitrogens with one attached hydrogen (secondary N) is 2. The SMILES string of the molecule is CC1CC(NC(=O)NC(=O)C(C)Cl)CCO1. The van der Waals surface area contributed by atoms with E-state index >= 15 is 0 Å². The minimum Gasteiger partial charge on any atom is -0.378 e. The zero-order valence-corrected chi connectivity index (χ0v) is 10.2. The van der Waals surface area contributed by atoms with Crippen LogP contribution in [0.1, 0.15) is 26.7 Å². The van der Waals surface area contributed by atoms with Crippen LogP contribution >= 0.6 is 11.6 Å².